The van der Waals surface area contributed by atoms with Crippen LogP contribution in [-0.4, -0.2) is 44.1 Å². The zero-order valence-corrected chi connectivity index (χ0v) is 24.0. The van der Waals surface area contributed by atoms with Crippen molar-refractivity contribution in [2.45, 2.75) is 13.2 Å². The summed E-state index contributed by atoms with van der Waals surface area (Å²) in [6, 6.07) is 12.5. The predicted molar refractivity (Wildman–Crippen MR) is 137 cm³/mol. The molecule has 2 heterocycles. The van der Waals surface area contributed by atoms with E-state index >= 15 is 0 Å². The van der Waals surface area contributed by atoms with E-state index in [1.807, 2.05) is 0 Å². The van der Waals surface area contributed by atoms with E-state index in [1.165, 1.54) is 41.1 Å². The van der Waals surface area contributed by atoms with E-state index in [9.17, 15) is 32.7 Å². The number of carboxylic acids is 1. The van der Waals surface area contributed by atoms with Crippen LogP contribution in [0, 0.1) is 17.5 Å². The monoisotopic (exact) mass is 574 g/mol. The zero-order chi connectivity index (χ0) is 28.6. The molecule has 0 saturated carbocycles. The summed E-state index contributed by atoms with van der Waals surface area (Å²) in [5, 5.41) is 15.8. The number of carboxylic acid groups (broad SMARTS) is 1. The van der Waals surface area contributed by atoms with E-state index in [-0.39, 0.29) is 61.0 Å². The fraction of sp³-hybridized carbons (Fsp3) is 0.143. The summed E-state index contributed by atoms with van der Waals surface area (Å²) >= 11 is 0. The van der Waals surface area contributed by atoms with Crippen molar-refractivity contribution in [2.24, 2.45) is 7.05 Å². The number of rotatable bonds is 7. The van der Waals surface area contributed by atoms with E-state index in [0.717, 1.165) is 23.1 Å². The van der Waals surface area contributed by atoms with Gasteiger partial charge in [-0.05, 0) is 42.5 Å². The van der Waals surface area contributed by atoms with Crippen molar-refractivity contribution in [3.8, 4) is 17.0 Å². The second kappa shape index (κ2) is 12.2. The minimum absolute atomic E-state index is 0. The number of carbonyl (C=O) groups excluding carboxylic acids is 2. The number of nitrogens with one attached hydrogen (secondary N) is 1. The van der Waals surface area contributed by atoms with Crippen LogP contribution in [-0.2, 0) is 25.0 Å². The largest absolute Gasteiger partial charge is 1.00 e. The molecule has 0 spiro atoms. The van der Waals surface area contributed by atoms with Gasteiger partial charge in [0, 0.05) is 30.3 Å². The molecular formula is C28H22F3N4NaO5. The second-order valence-electron chi connectivity index (χ2n) is 9.03. The van der Waals surface area contributed by atoms with Crippen LogP contribution < -0.4 is 39.6 Å². The van der Waals surface area contributed by atoms with Crippen LogP contribution in [0.15, 0.2) is 60.7 Å². The molecule has 2 amide bonds. The first-order valence-electron chi connectivity index (χ1n) is 12.0. The van der Waals surface area contributed by atoms with E-state index < -0.39 is 47.5 Å². The SMILES string of the molecule is Cn1nc(C(=O)N(CC(=O)Nc2cc(C(=O)O)ccc2F)Cc2ccccc2F)c2c1-c1cc(F)ccc1OC2.[H-].[Na+]. The number of aromatic nitrogens is 2. The molecule has 4 aromatic rings. The molecule has 0 radical (unpaired) electrons. The number of nitrogens with zero attached hydrogens (tertiary/aromatic N) is 3. The average molecular weight is 574 g/mol. The maximum Gasteiger partial charge on any atom is 1.00 e. The number of hydrogen-bond donors (Lipinski definition) is 2. The van der Waals surface area contributed by atoms with Crippen molar-refractivity contribution in [3.63, 3.8) is 0 Å². The number of hydrogen-bond acceptors (Lipinski definition) is 5. The summed E-state index contributed by atoms with van der Waals surface area (Å²) in [6.07, 6.45) is 0. The van der Waals surface area contributed by atoms with Gasteiger partial charge in [-0.2, -0.15) is 5.10 Å². The molecule has 1 aliphatic rings. The molecule has 3 aromatic carbocycles. The quantitative estimate of drug-likeness (QED) is 0.324. The Bertz CT molecular complexity index is 1680. The van der Waals surface area contributed by atoms with Crippen LogP contribution in [0.2, 0.25) is 0 Å². The predicted octanol–water partition coefficient (Wildman–Crippen LogP) is 1.49. The van der Waals surface area contributed by atoms with Gasteiger partial charge in [-0.15, -0.1) is 0 Å². The van der Waals surface area contributed by atoms with E-state index in [0.29, 0.717) is 22.6 Å². The van der Waals surface area contributed by atoms with Gasteiger partial charge in [0.25, 0.3) is 5.91 Å². The summed E-state index contributed by atoms with van der Waals surface area (Å²) < 4.78 is 50.0. The molecule has 41 heavy (non-hydrogen) atoms. The molecule has 0 saturated heterocycles. The van der Waals surface area contributed by atoms with Gasteiger partial charge in [0.15, 0.2) is 5.69 Å². The van der Waals surface area contributed by atoms with Gasteiger partial charge in [-0.25, -0.2) is 18.0 Å². The minimum Gasteiger partial charge on any atom is -1.00 e. The second-order valence-corrected chi connectivity index (χ2v) is 9.03. The Balaban J connectivity index is 0.00000242. The van der Waals surface area contributed by atoms with Crippen molar-refractivity contribution in [2.75, 3.05) is 11.9 Å². The maximum absolute atomic E-state index is 14.5. The first-order valence-corrected chi connectivity index (χ1v) is 12.0. The summed E-state index contributed by atoms with van der Waals surface area (Å²) in [6.45, 7) is -1.05. The summed E-state index contributed by atoms with van der Waals surface area (Å²) in [5.41, 5.74) is 0.559. The summed E-state index contributed by atoms with van der Waals surface area (Å²) in [4.78, 5) is 39.0. The van der Waals surface area contributed by atoms with E-state index in [2.05, 4.69) is 10.4 Å². The fourth-order valence-electron chi connectivity index (χ4n) is 4.48. The fourth-order valence-corrected chi connectivity index (χ4v) is 4.48. The van der Waals surface area contributed by atoms with E-state index in [1.54, 1.807) is 13.1 Å². The van der Waals surface area contributed by atoms with Gasteiger partial charge >= 0.3 is 35.5 Å². The molecule has 0 aliphatic carbocycles. The number of fused-ring (bicyclic) bond motifs is 3. The molecule has 1 aromatic heterocycles. The molecule has 0 atom stereocenters. The van der Waals surface area contributed by atoms with Gasteiger partial charge in [0.1, 0.15) is 36.4 Å². The Hall–Kier alpha value is -4.13. The van der Waals surface area contributed by atoms with Crippen molar-refractivity contribution in [1.29, 1.82) is 0 Å². The topological polar surface area (TPSA) is 114 Å². The molecule has 0 bridgehead atoms. The van der Waals surface area contributed by atoms with Crippen molar-refractivity contribution >= 4 is 23.5 Å². The number of amides is 2. The molecule has 13 heteroatoms. The van der Waals surface area contributed by atoms with E-state index in [4.69, 9.17) is 4.74 Å². The molecule has 1 aliphatic heterocycles. The van der Waals surface area contributed by atoms with Gasteiger partial charge < -0.3 is 21.5 Å². The zero-order valence-electron chi connectivity index (χ0n) is 23.0. The van der Waals surface area contributed by atoms with Gasteiger partial charge in [-0.1, -0.05) is 18.2 Å². The number of ether oxygens (including phenoxy) is 1. The Labute approximate surface area is 255 Å². The Morgan fingerprint density at radius 2 is 1.83 bits per heavy atom. The van der Waals surface area contributed by atoms with Gasteiger partial charge in [0.2, 0.25) is 5.91 Å². The third-order valence-corrected chi connectivity index (χ3v) is 6.34. The van der Waals surface area contributed by atoms with Crippen LogP contribution in [0.3, 0.4) is 0 Å². The summed E-state index contributed by atoms with van der Waals surface area (Å²) in [7, 11) is 1.57. The molecule has 9 nitrogen and oxygen atoms in total. The van der Waals surface area contributed by atoms with Crippen molar-refractivity contribution in [3.05, 3.63) is 100 Å². The Morgan fingerprint density at radius 1 is 1.07 bits per heavy atom. The maximum atomic E-state index is 14.5. The molecule has 0 unspecified atom stereocenters. The molecule has 206 valence electrons. The minimum atomic E-state index is -1.32. The van der Waals surface area contributed by atoms with Gasteiger partial charge in [0.05, 0.1) is 16.9 Å². The summed E-state index contributed by atoms with van der Waals surface area (Å²) in [5.74, 6) is -4.54. The number of anilines is 1. The number of halogens is 3. The molecule has 5 rings (SSSR count). The first-order chi connectivity index (χ1) is 19.1. The third kappa shape index (κ3) is 6.14. The van der Waals surface area contributed by atoms with Crippen molar-refractivity contribution < 1.29 is 68.4 Å². The van der Waals surface area contributed by atoms with Gasteiger partial charge in [-0.3, -0.25) is 14.3 Å². The van der Waals surface area contributed by atoms with Crippen LogP contribution in [0.1, 0.15) is 33.4 Å². The Kier molecular flexibility index (Phi) is 8.86. The Morgan fingerprint density at radius 3 is 2.56 bits per heavy atom. The average Bonchev–Trinajstić information content (AvgIpc) is 3.26. The number of aromatic carboxylic acids is 1. The standard InChI is InChI=1S/C28H21F3N4O5.Na.H/c1-34-26-18-11-17(29)7-9-23(18)40-14-19(26)25(33-34)27(37)35(12-16-4-2-3-5-20(16)30)13-24(36)32-22-10-15(28(38)39)6-8-21(22)31;;/h2-11H,12-14H2,1H3,(H,32,36)(H,38,39);;/q;+1;-1. The van der Waals surface area contributed by atoms with Crippen molar-refractivity contribution in [1.82, 2.24) is 14.7 Å². The number of carbonyl (C=O) groups is 3. The number of benzene rings is 3. The normalized spacial score (nSPS) is 11.4. The molecule has 2 N–H and O–H groups in total. The van der Waals surface area contributed by atoms with Crippen LogP contribution in [0.5, 0.6) is 5.75 Å². The van der Waals surface area contributed by atoms with Crippen LogP contribution in [0.25, 0.3) is 11.3 Å². The molecular weight excluding hydrogens is 552 g/mol. The third-order valence-electron chi connectivity index (χ3n) is 6.34. The number of aryl methyl sites for hydroxylation is 1. The first kappa shape index (κ1) is 29.8. The molecule has 0 fully saturated rings. The smallest absolute Gasteiger partial charge is 1.00 e. The van der Waals surface area contributed by atoms with Crippen LogP contribution in [0.4, 0.5) is 18.9 Å². The van der Waals surface area contributed by atoms with Crippen LogP contribution >= 0.6 is 0 Å².